The molecular formula is C14H20BrClN2O2. The van der Waals surface area contributed by atoms with Crippen molar-refractivity contribution in [1.29, 1.82) is 0 Å². The monoisotopic (exact) mass is 362 g/mol. The fourth-order valence-corrected chi connectivity index (χ4v) is 2.74. The molecule has 1 saturated heterocycles. The van der Waals surface area contributed by atoms with Crippen molar-refractivity contribution in [3.8, 4) is 5.75 Å². The number of rotatable bonds is 3. The molecule has 0 unspecified atom stereocenters. The smallest absolute Gasteiger partial charge is 0.227 e. The summed E-state index contributed by atoms with van der Waals surface area (Å²) in [6.07, 6.45) is 1.76. The van der Waals surface area contributed by atoms with Crippen LogP contribution in [-0.2, 0) is 4.79 Å². The molecule has 0 aliphatic carbocycles. The number of hydrogen-bond donors (Lipinski definition) is 2. The van der Waals surface area contributed by atoms with Crippen LogP contribution in [-0.4, -0.2) is 25.6 Å². The molecule has 0 spiro atoms. The number of hydrogen-bond acceptors (Lipinski definition) is 3. The summed E-state index contributed by atoms with van der Waals surface area (Å²) in [5.41, 5.74) is 0.716. The van der Waals surface area contributed by atoms with Crippen LogP contribution in [0.1, 0.15) is 19.8 Å². The molecule has 1 heterocycles. The Morgan fingerprint density at radius 3 is 2.90 bits per heavy atom. The summed E-state index contributed by atoms with van der Waals surface area (Å²) in [6.45, 7) is 3.01. The highest BCUT2D eigenvalue weighted by molar-refractivity contribution is 9.10. The number of piperidine rings is 1. The number of carbonyl (C=O) groups is 1. The second kappa shape index (κ2) is 7.86. The molecule has 2 atom stereocenters. The van der Waals surface area contributed by atoms with Crippen molar-refractivity contribution in [2.75, 3.05) is 19.0 Å². The second-order valence-corrected chi connectivity index (χ2v) is 5.83. The Morgan fingerprint density at radius 1 is 1.50 bits per heavy atom. The van der Waals surface area contributed by atoms with Gasteiger partial charge in [0.25, 0.3) is 0 Å². The summed E-state index contributed by atoms with van der Waals surface area (Å²) in [7, 11) is 1.60. The fourth-order valence-electron chi connectivity index (χ4n) is 2.38. The van der Waals surface area contributed by atoms with Gasteiger partial charge in [-0.3, -0.25) is 4.79 Å². The van der Waals surface area contributed by atoms with Crippen molar-refractivity contribution in [2.24, 2.45) is 5.92 Å². The van der Waals surface area contributed by atoms with Gasteiger partial charge >= 0.3 is 0 Å². The van der Waals surface area contributed by atoms with Gasteiger partial charge in [0.1, 0.15) is 5.75 Å². The van der Waals surface area contributed by atoms with E-state index in [4.69, 9.17) is 4.74 Å². The van der Waals surface area contributed by atoms with Gasteiger partial charge in [-0.1, -0.05) is 15.9 Å². The maximum absolute atomic E-state index is 12.3. The van der Waals surface area contributed by atoms with E-state index in [1.807, 2.05) is 18.2 Å². The minimum Gasteiger partial charge on any atom is -0.495 e. The quantitative estimate of drug-likeness (QED) is 0.867. The first-order valence-corrected chi connectivity index (χ1v) is 7.27. The largest absolute Gasteiger partial charge is 0.495 e. The number of halogens is 2. The van der Waals surface area contributed by atoms with Crippen molar-refractivity contribution in [2.45, 2.75) is 25.8 Å². The van der Waals surface area contributed by atoms with Gasteiger partial charge in [0.15, 0.2) is 0 Å². The van der Waals surface area contributed by atoms with Crippen molar-refractivity contribution in [3.05, 3.63) is 22.7 Å². The maximum Gasteiger partial charge on any atom is 0.227 e. The minimum absolute atomic E-state index is 0. The van der Waals surface area contributed by atoms with Crippen LogP contribution < -0.4 is 15.4 Å². The lowest BCUT2D eigenvalue weighted by atomic mass is 9.92. The molecule has 0 aromatic heterocycles. The highest BCUT2D eigenvalue weighted by Crippen LogP contribution is 2.29. The molecule has 112 valence electrons. The Labute approximate surface area is 134 Å². The van der Waals surface area contributed by atoms with Gasteiger partial charge in [-0.25, -0.2) is 0 Å². The lowest BCUT2D eigenvalue weighted by Gasteiger charge is -2.27. The van der Waals surface area contributed by atoms with Crippen molar-refractivity contribution < 1.29 is 9.53 Å². The van der Waals surface area contributed by atoms with Gasteiger partial charge in [-0.15, -0.1) is 12.4 Å². The van der Waals surface area contributed by atoms with Crippen LogP contribution in [0.5, 0.6) is 5.75 Å². The Morgan fingerprint density at radius 2 is 2.25 bits per heavy atom. The Bertz CT molecular complexity index is 470. The molecule has 20 heavy (non-hydrogen) atoms. The van der Waals surface area contributed by atoms with Crippen molar-refractivity contribution in [1.82, 2.24) is 5.32 Å². The molecule has 1 amide bonds. The zero-order valence-corrected chi connectivity index (χ0v) is 14.0. The lowest BCUT2D eigenvalue weighted by molar-refractivity contribution is -0.120. The van der Waals surface area contributed by atoms with E-state index < -0.39 is 0 Å². The molecule has 1 aromatic rings. The molecule has 2 N–H and O–H groups in total. The van der Waals surface area contributed by atoms with Crippen molar-refractivity contribution >= 4 is 39.9 Å². The summed E-state index contributed by atoms with van der Waals surface area (Å²) in [5.74, 6) is 0.822. The molecule has 1 fully saturated rings. The van der Waals surface area contributed by atoms with Crippen LogP contribution in [0.4, 0.5) is 5.69 Å². The third kappa shape index (κ3) is 4.36. The zero-order chi connectivity index (χ0) is 13.8. The summed E-state index contributed by atoms with van der Waals surface area (Å²) in [6, 6.07) is 5.99. The molecule has 1 aliphatic heterocycles. The first-order valence-electron chi connectivity index (χ1n) is 6.48. The van der Waals surface area contributed by atoms with E-state index in [1.165, 1.54) is 0 Å². The van der Waals surface area contributed by atoms with Crippen LogP contribution in [0, 0.1) is 5.92 Å². The maximum atomic E-state index is 12.3. The third-order valence-corrected chi connectivity index (χ3v) is 3.91. The molecule has 4 nitrogen and oxygen atoms in total. The first kappa shape index (κ1) is 17.3. The molecule has 1 aromatic carbocycles. The van der Waals surface area contributed by atoms with Gasteiger partial charge in [-0.2, -0.15) is 0 Å². The van der Waals surface area contributed by atoms with E-state index in [1.54, 1.807) is 7.11 Å². The van der Waals surface area contributed by atoms with Gasteiger partial charge in [-0.05, 0) is 44.5 Å². The average Bonchev–Trinajstić information content (AvgIpc) is 2.39. The second-order valence-electron chi connectivity index (χ2n) is 4.91. The van der Waals surface area contributed by atoms with Crippen LogP contribution >= 0.6 is 28.3 Å². The first-order chi connectivity index (χ1) is 9.10. The fraction of sp³-hybridized carbons (Fsp3) is 0.500. The average molecular weight is 364 g/mol. The van der Waals surface area contributed by atoms with E-state index in [-0.39, 0.29) is 24.2 Å². The third-order valence-electron chi connectivity index (χ3n) is 3.41. The molecule has 0 bridgehead atoms. The summed E-state index contributed by atoms with van der Waals surface area (Å²) < 4.78 is 6.18. The highest BCUT2D eigenvalue weighted by atomic mass is 79.9. The summed E-state index contributed by atoms with van der Waals surface area (Å²) in [4.78, 5) is 12.3. The SMILES string of the molecule is COc1ccc(Br)cc1NC(=O)[C@H]1CCN[C@@H](C)C1.Cl. The molecule has 6 heteroatoms. The number of amides is 1. The Kier molecular flexibility index (Phi) is 6.79. The predicted molar refractivity (Wildman–Crippen MR) is 86.8 cm³/mol. The van der Waals surface area contributed by atoms with Crippen molar-refractivity contribution in [3.63, 3.8) is 0 Å². The number of benzene rings is 1. The van der Waals surface area contributed by atoms with Crippen LogP contribution in [0.2, 0.25) is 0 Å². The number of ether oxygens (including phenoxy) is 1. The number of anilines is 1. The predicted octanol–water partition coefficient (Wildman–Crippen LogP) is 3.21. The van der Waals surface area contributed by atoms with Crippen LogP contribution in [0.25, 0.3) is 0 Å². The van der Waals surface area contributed by atoms with E-state index >= 15 is 0 Å². The topological polar surface area (TPSA) is 50.4 Å². The van der Waals surface area contributed by atoms with Crippen LogP contribution in [0.3, 0.4) is 0 Å². The zero-order valence-electron chi connectivity index (χ0n) is 11.6. The van der Waals surface area contributed by atoms with Gasteiger partial charge in [0, 0.05) is 16.4 Å². The number of carbonyl (C=O) groups excluding carboxylic acids is 1. The molecular weight excluding hydrogens is 344 g/mol. The Hall–Kier alpha value is -0.780. The molecule has 0 saturated carbocycles. The normalized spacial score (nSPS) is 21.8. The summed E-state index contributed by atoms with van der Waals surface area (Å²) >= 11 is 3.40. The lowest BCUT2D eigenvalue weighted by Crippen LogP contribution is -2.40. The summed E-state index contributed by atoms with van der Waals surface area (Å²) in [5, 5.41) is 6.32. The van der Waals surface area contributed by atoms with E-state index in [9.17, 15) is 4.79 Å². The van der Waals surface area contributed by atoms with Gasteiger partial charge < -0.3 is 15.4 Å². The van der Waals surface area contributed by atoms with E-state index in [0.29, 0.717) is 17.5 Å². The number of nitrogens with one attached hydrogen (secondary N) is 2. The highest BCUT2D eigenvalue weighted by Gasteiger charge is 2.25. The minimum atomic E-state index is 0. The number of methoxy groups -OCH3 is 1. The van der Waals surface area contributed by atoms with E-state index in [2.05, 4.69) is 33.5 Å². The molecule has 1 aliphatic rings. The van der Waals surface area contributed by atoms with Crippen LogP contribution in [0.15, 0.2) is 22.7 Å². The van der Waals surface area contributed by atoms with E-state index in [0.717, 1.165) is 23.9 Å². The standard InChI is InChI=1S/C14H19BrN2O2.ClH/c1-9-7-10(5-6-16-9)14(18)17-12-8-11(15)3-4-13(12)19-2;/h3-4,8-10,16H,5-7H2,1-2H3,(H,17,18);1H/t9-,10-;/m0./s1. The van der Waals surface area contributed by atoms with Gasteiger partial charge in [0.2, 0.25) is 5.91 Å². The molecule has 2 rings (SSSR count). The molecule has 0 radical (unpaired) electrons. The van der Waals surface area contributed by atoms with Gasteiger partial charge in [0.05, 0.1) is 12.8 Å². The Balaban J connectivity index is 0.00000200.